The van der Waals surface area contributed by atoms with E-state index in [2.05, 4.69) is 4.98 Å². The lowest BCUT2D eigenvalue weighted by molar-refractivity contribution is -0.141. The third-order valence-corrected chi connectivity index (χ3v) is 3.44. The molecular weight excluding hydrogens is 279 g/mol. The quantitative estimate of drug-likeness (QED) is 0.613. The van der Waals surface area contributed by atoms with Crippen LogP contribution in [0.1, 0.15) is 31.2 Å². The first-order valence-corrected chi connectivity index (χ1v) is 6.94. The summed E-state index contributed by atoms with van der Waals surface area (Å²) in [6.07, 6.45) is -5.09. The van der Waals surface area contributed by atoms with Gasteiger partial charge in [0.05, 0.1) is 0 Å². The second-order valence-corrected chi connectivity index (χ2v) is 5.15. The fourth-order valence-electron chi connectivity index (χ4n) is 1.69. The number of ether oxygens (including phenoxy) is 2. The van der Waals surface area contributed by atoms with E-state index >= 15 is 0 Å². The number of epoxide rings is 1. The summed E-state index contributed by atoms with van der Waals surface area (Å²) in [5.74, 6) is 0.646. The maximum Gasteiger partial charge on any atom is 0.433 e. The van der Waals surface area contributed by atoms with Crippen molar-refractivity contribution in [3.63, 3.8) is 0 Å². The van der Waals surface area contributed by atoms with Crippen molar-refractivity contribution in [1.29, 1.82) is 0 Å². The molecule has 0 spiro atoms. The second-order valence-electron chi connectivity index (χ2n) is 3.90. The van der Waals surface area contributed by atoms with E-state index in [1.165, 1.54) is 17.8 Å². The Balaban J connectivity index is 2.24. The minimum absolute atomic E-state index is 0.302. The Morgan fingerprint density at radius 1 is 1.37 bits per heavy atom. The largest absolute Gasteiger partial charge is 0.433 e. The second kappa shape index (κ2) is 5.68. The van der Waals surface area contributed by atoms with Gasteiger partial charge in [-0.25, -0.2) is 4.98 Å². The van der Waals surface area contributed by atoms with E-state index in [0.717, 1.165) is 6.07 Å². The predicted molar refractivity (Wildman–Crippen MR) is 64.9 cm³/mol. The summed E-state index contributed by atoms with van der Waals surface area (Å²) in [5.41, 5.74) is -0.209. The maximum absolute atomic E-state index is 12.6. The van der Waals surface area contributed by atoms with Crippen molar-refractivity contribution < 1.29 is 22.6 Å². The molecule has 0 aliphatic carbocycles. The summed E-state index contributed by atoms with van der Waals surface area (Å²) in [7, 11) is 0. The van der Waals surface area contributed by atoms with Gasteiger partial charge in [-0.15, -0.1) is 11.8 Å². The van der Waals surface area contributed by atoms with Gasteiger partial charge in [0.1, 0.15) is 16.8 Å². The Hall–Kier alpha value is -0.790. The monoisotopic (exact) mass is 293 g/mol. The molecule has 1 aromatic heterocycles. The van der Waals surface area contributed by atoms with Crippen LogP contribution in [0.2, 0.25) is 0 Å². The lowest BCUT2D eigenvalue weighted by Gasteiger charge is -2.10. The van der Waals surface area contributed by atoms with Crippen molar-refractivity contribution >= 4 is 11.8 Å². The van der Waals surface area contributed by atoms with Gasteiger partial charge in [0.25, 0.3) is 0 Å². The van der Waals surface area contributed by atoms with Crippen LogP contribution >= 0.6 is 11.8 Å². The molecule has 0 N–H and O–H groups in total. The molecule has 1 aromatic rings. The molecule has 19 heavy (non-hydrogen) atoms. The summed E-state index contributed by atoms with van der Waals surface area (Å²) < 4.78 is 48.4. The fourth-order valence-corrected chi connectivity index (χ4v) is 2.48. The van der Waals surface area contributed by atoms with Gasteiger partial charge < -0.3 is 9.47 Å². The topological polar surface area (TPSA) is 34.6 Å². The minimum atomic E-state index is -4.43. The van der Waals surface area contributed by atoms with Gasteiger partial charge in [-0.1, -0.05) is 13.0 Å². The average molecular weight is 293 g/mol. The molecule has 7 heteroatoms. The number of alkyl halides is 3. The Bertz CT molecular complexity index is 453. The van der Waals surface area contributed by atoms with Gasteiger partial charge in [0.15, 0.2) is 6.29 Å². The predicted octanol–water partition coefficient (Wildman–Crippen LogP) is 3.65. The molecule has 1 aliphatic heterocycles. The molecular formula is C12H14F3NO2S. The zero-order valence-electron chi connectivity index (χ0n) is 10.5. The highest BCUT2D eigenvalue weighted by molar-refractivity contribution is 7.99. The highest BCUT2D eigenvalue weighted by Gasteiger charge is 2.43. The Morgan fingerprint density at radius 3 is 2.68 bits per heavy atom. The number of hydrogen-bond acceptors (Lipinski definition) is 4. The molecule has 1 fully saturated rings. The van der Waals surface area contributed by atoms with E-state index in [4.69, 9.17) is 9.47 Å². The molecule has 0 saturated carbocycles. The molecule has 2 rings (SSSR count). The van der Waals surface area contributed by atoms with E-state index in [1.54, 1.807) is 0 Å². The first-order valence-electron chi connectivity index (χ1n) is 5.95. The van der Waals surface area contributed by atoms with E-state index < -0.39 is 11.9 Å². The summed E-state index contributed by atoms with van der Waals surface area (Å²) in [4.78, 5) is 3.69. The Kier molecular flexibility index (Phi) is 4.37. The molecule has 0 amide bonds. The molecule has 2 atom stereocenters. The van der Waals surface area contributed by atoms with Crippen LogP contribution in [0, 0.1) is 0 Å². The number of halogens is 3. The van der Waals surface area contributed by atoms with Gasteiger partial charge in [0.2, 0.25) is 0 Å². The van der Waals surface area contributed by atoms with Gasteiger partial charge >= 0.3 is 6.18 Å². The van der Waals surface area contributed by atoms with Crippen molar-refractivity contribution in [2.24, 2.45) is 0 Å². The van der Waals surface area contributed by atoms with Crippen LogP contribution in [0.5, 0.6) is 0 Å². The van der Waals surface area contributed by atoms with Crippen LogP contribution in [0.25, 0.3) is 0 Å². The molecule has 1 aliphatic rings. The van der Waals surface area contributed by atoms with Crippen molar-refractivity contribution in [3.8, 4) is 0 Å². The van der Waals surface area contributed by atoms with Crippen molar-refractivity contribution in [2.75, 3.05) is 12.4 Å². The van der Waals surface area contributed by atoms with Crippen LogP contribution in [-0.4, -0.2) is 23.6 Å². The molecule has 2 unspecified atom stereocenters. The van der Waals surface area contributed by atoms with E-state index in [-0.39, 0.29) is 12.4 Å². The smallest absolute Gasteiger partial charge is 0.350 e. The van der Waals surface area contributed by atoms with Gasteiger partial charge in [0, 0.05) is 12.2 Å². The molecule has 0 aromatic carbocycles. The summed E-state index contributed by atoms with van der Waals surface area (Å²) in [6, 6.07) is 2.41. The number of aromatic nitrogens is 1. The zero-order valence-corrected chi connectivity index (χ0v) is 11.3. The fraction of sp³-hybridized carbons (Fsp3) is 0.583. The Labute approximate surface area is 113 Å². The SMILES string of the molecule is CCOC1OC1c1ccc(C(F)(F)F)nc1SCC. The number of rotatable bonds is 5. The standard InChI is InChI=1S/C12H14F3NO2S/c1-3-17-11-9(18-11)7-5-6-8(12(13,14)15)16-10(7)19-4-2/h5-6,9,11H,3-4H2,1-2H3. The van der Waals surface area contributed by atoms with Crippen LogP contribution in [-0.2, 0) is 15.7 Å². The van der Waals surface area contributed by atoms with E-state index in [9.17, 15) is 13.2 Å². The molecule has 0 bridgehead atoms. The first-order chi connectivity index (χ1) is 8.97. The summed E-state index contributed by atoms with van der Waals surface area (Å²) >= 11 is 1.27. The minimum Gasteiger partial charge on any atom is -0.350 e. The highest BCUT2D eigenvalue weighted by atomic mass is 32.2. The summed E-state index contributed by atoms with van der Waals surface area (Å²) in [6.45, 7) is 4.21. The van der Waals surface area contributed by atoms with E-state index in [0.29, 0.717) is 22.9 Å². The number of pyridine rings is 1. The van der Waals surface area contributed by atoms with E-state index in [1.807, 2.05) is 13.8 Å². The van der Waals surface area contributed by atoms with Crippen molar-refractivity contribution in [2.45, 2.75) is 37.4 Å². The molecule has 0 radical (unpaired) electrons. The maximum atomic E-state index is 12.6. The molecule has 106 valence electrons. The number of nitrogens with zero attached hydrogens (tertiary/aromatic N) is 1. The van der Waals surface area contributed by atoms with Crippen molar-refractivity contribution in [1.82, 2.24) is 4.98 Å². The van der Waals surface area contributed by atoms with Gasteiger partial charge in [-0.3, -0.25) is 0 Å². The lowest BCUT2D eigenvalue weighted by atomic mass is 10.2. The van der Waals surface area contributed by atoms with Crippen molar-refractivity contribution in [3.05, 3.63) is 23.4 Å². The van der Waals surface area contributed by atoms with Gasteiger partial charge in [-0.05, 0) is 18.7 Å². The third-order valence-electron chi connectivity index (χ3n) is 2.55. The average Bonchev–Trinajstić information content (AvgIpc) is 3.08. The normalized spacial score (nSPS) is 22.6. The summed E-state index contributed by atoms with van der Waals surface area (Å²) in [5, 5.41) is 0.365. The first kappa shape index (κ1) is 14.6. The zero-order chi connectivity index (χ0) is 14.0. The molecule has 3 nitrogen and oxygen atoms in total. The highest BCUT2D eigenvalue weighted by Crippen LogP contribution is 2.43. The van der Waals surface area contributed by atoms with Crippen LogP contribution < -0.4 is 0 Å². The van der Waals surface area contributed by atoms with Gasteiger partial charge in [-0.2, -0.15) is 13.2 Å². The molecule has 1 saturated heterocycles. The van der Waals surface area contributed by atoms with Crippen LogP contribution in [0.4, 0.5) is 13.2 Å². The number of hydrogen-bond donors (Lipinski definition) is 0. The third kappa shape index (κ3) is 3.40. The molecule has 2 heterocycles. The van der Waals surface area contributed by atoms with Crippen LogP contribution in [0.3, 0.4) is 0 Å². The number of thioether (sulfide) groups is 1. The lowest BCUT2D eigenvalue weighted by Crippen LogP contribution is -2.09. The Morgan fingerprint density at radius 2 is 2.11 bits per heavy atom. The van der Waals surface area contributed by atoms with Crippen LogP contribution in [0.15, 0.2) is 17.2 Å².